The first-order valence-electron chi connectivity index (χ1n) is 6.87. The molecule has 2 saturated heterocycles. The lowest BCUT2D eigenvalue weighted by molar-refractivity contribution is -0.139. The minimum Gasteiger partial charge on any atom is -0.375 e. The molecule has 2 fully saturated rings. The van der Waals surface area contributed by atoms with Crippen LogP contribution in [0.3, 0.4) is 0 Å². The third-order valence-electron chi connectivity index (χ3n) is 3.65. The van der Waals surface area contributed by atoms with Crippen molar-refractivity contribution in [3.8, 4) is 0 Å². The Hall–Kier alpha value is -0.610. The van der Waals surface area contributed by atoms with Crippen molar-refractivity contribution in [1.29, 1.82) is 0 Å². The molecule has 0 aliphatic carbocycles. The fourth-order valence-corrected chi connectivity index (χ4v) is 2.63. The van der Waals surface area contributed by atoms with Gasteiger partial charge >= 0.3 is 0 Å². The summed E-state index contributed by atoms with van der Waals surface area (Å²) < 4.78 is 5.46. The van der Waals surface area contributed by atoms with Gasteiger partial charge in [-0.05, 0) is 32.9 Å². The van der Waals surface area contributed by atoms with E-state index >= 15 is 0 Å². The van der Waals surface area contributed by atoms with Crippen LogP contribution < -0.4 is 0 Å². The summed E-state index contributed by atoms with van der Waals surface area (Å²) in [5.74, 6) is 0.280. The number of rotatable bonds is 2. The van der Waals surface area contributed by atoms with Crippen LogP contribution in [-0.2, 0) is 9.53 Å². The van der Waals surface area contributed by atoms with Gasteiger partial charge in [-0.3, -0.25) is 9.69 Å². The molecule has 0 saturated carbocycles. The molecule has 2 aliphatic heterocycles. The molecule has 2 rings (SSSR count). The fourth-order valence-electron chi connectivity index (χ4n) is 2.63. The van der Waals surface area contributed by atoms with E-state index in [1.165, 1.54) is 25.7 Å². The second-order valence-corrected chi connectivity index (χ2v) is 5.21. The number of likely N-dealkylation sites (tertiary alicyclic amines) is 1. The second kappa shape index (κ2) is 6.36. The third-order valence-corrected chi connectivity index (χ3v) is 3.65. The predicted molar refractivity (Wildman–Crippen MR) is 66.9 cm³/mol. The van der Waals surface area contributed by atoms with Gasteiger partial charge in [-0.2, -0.15) is 0 Å². The molecule has 0 N–H and O–H groups in total. The molecule has 4 heteroatoms. The van der Waals surface area contributed by atoms with Gasteiger partial charge in [0.25, 0.3) is 0 Å². The van der Waals surface area contributed by atoms with Crippen molar-refractivity contribution in [3.63, 3.8) is 0 Å². The minimum absolute atomic E-state index is 0.192. The van der Waals surface area contributed by atoms with Gasteiger partial charge in [0.15, 0.2) is 0 Å². The molecular formula is C13H24N2O2. The highest BCUT2D eigenvalue weighted by Crippen LogP contribution is 2.11. The Labute approximate surface area is 104 Å². The standard InChI is InChI=1S/C13H24N2O2/c1-12-10-15(8-9-17-12)13(16)11-14-6-4-2-3-5-7-14/h12H,2-11H2,1H3/t12-/m1/s1. The fraction of sp³-hybridized carbons (Fsp3) is 0.923. The highest BCUT2D eigenvalue weighted by atomic mass is 16.5. The Morgan fingerprint density at radius 2 is 1.88 bits per heavy atom. The normalized spacial score (nSPS) is 27.8. The largest absolute Gasteiger partial charge is 0.375 e. The van der Waals surface area contributed by atoms with E-state index in [9.17, 15) is 4.79 Å². The van der Waals surface area contributed by atoms with Crippen LogP contribution in [0.5, 0.6) is 0 Å². The maximum atomic E-state index is 12.2. The molecule has 0 radical (unpaired) electrons. The minimum atomic E-state index is 0.192. The van der Waals surface area contributed by atoms with Gasteiger partial charge in [0, 0.05) is 13.1 Å². The summed E-state index contributed by atoms with van der Waals surface area (Å²) in [4.78, 5) is 16.4. The van der Waals surface area contributed by atoms with E-state index in [1.807, 2.05) is 11.8 Å². The number of carbonyl (C=O) groups is 1. The molecule has 2 aliphatic rings. The van der Waals surface area contributed by atoms with E-state index in [0.717, 1.165) is 26.2 Å². The van der Waals surface area contributed by atoms with Crippen molar-refractivity contribution < 1.29 is 9.53 Å². The first kappa shape index (κ1) is 12.8. The van der Waals surface area contributed by atoms with E-state index in [4.69, 9.17) is 4.74 Å². The Bertz CT molecular complexity index is 250. The van der Waals surface area contributed by atoms with Crippen LogP contribution in [-0.4, -0.2) is 61.1 Å². The quantitative estimate of drug-likeness (QED) is 0.725. The molecular weight excluding hydrogens is 216 g/mol. The molecule has 2 heterocycles. The number of morpholine rings is 1. The summed E-state index contributed by atoms with van der Waals surface area (Å²) in [7, 11) is 0. The van der Waals surface area contributed by atoms with Crippen LogP contribution in [0, 0.1) is 0 Å². The van der Waals surface area contributed by atoms with Crippen LogP contribution in [0.25, 0.3) is 0 Å². The summed E-state index contributed by atoms with van der Waals surface area (Å²) in [5, 5.41) is 0. The summed E-state index contributed by atoms with van der Waals surface area (Å²) >= 11 is 0. The zero-order valence-corrected chi connectivity index (χ0v) is 10.9. The second-order valence-electron chi connectivity index (χ2n) is 5.21. The Morgan fingerprint density at radius 1 is 1.18 bits per heavy atom. The average Bonchev–Trinajstić information content (AvgIpc) is 2.57. The van der Waals surface area contributed by atoms with Gasteiger partial charge in [0.2, 0.25) is 5.91 Å². The molecule has 0 aromatic rings. The third kappa shape index (κ3) is 3.96. The monoisotopic (exact) mass is 240 g/mol. The van der Waals surface area contributed by atoms with Gasteiger partial charge in [0.05, 0.1) is 19.3 Å². The van der Waals surface area contributed by atoms with E-state index in [2.05, 4.69) is 4.90 Å². The smallest absolute Gasteiger partial charge is 0.236 e. The molecule has 98 valence electrons. The summed E-state index contributed by atoms with van der Waals surface area (Å²) in [6.45, 7) is 7.02. The lowest BCUT2D eigenvalue weighted by atomic mass is 10.2. The SMILES string of the molecule is C[C@@H]1CN(C(=O)CN2CCCCCC2)CCO1. The van der Waals surface area contributed by atoms with E-state index < -0.39 is 0 Å². The topological polar surface area (TPSA) is 32.8 Å². The number of amides is 1. The maximum Gasteiger partial charge on any atom is 0.236 e. The molecule has 0 aromatic heterocycles. The van der Waals surface area contributed by atoms with Crippen LogP contribution in [0.15, 0.2) is 0 Å². The zero-order valence-electron chi connectivity index (χ0n) is 10.9. The maximum absolute atomic E-state index is 12.2. The van der Waals surface area contributed by atoms with Crippen molar-refractivity contribution in [2.75, 3.05) is 39.3 Å². The van der Waals surface area contributed by atoms with Crippen molar-refractivity contribution in [1.82, 2.24) is 9.80 Å². The number of carbonyl (C=O) groups excluding carboxylic acids is 1. The lowest BCUT2D eigenvalue weighted by Crippen LogP contribution is -2.48. The summed E-state index contributed by atoms with van der Waals surface area (Å²) in [6.07, 6.45) is 5.31. The number of hydrogen-bond acceptors (Lipinski definition) is 3. The van der Waals surface area contributed by atoms with E-state index in [1.54, 1.807) is 0 Å². The van der Waals surface area contributed by atoms with Crippen LogP contribution >= 0.6 is 0 Å². The van der Waals surface area contributed by atoms with Gasteiger partial charge < -0.3 is 9.64 Å². The highest BCUT2D eigenvalue weighted by molar-refractivity contribution is 5.78. The van der Waals surface area contributed by atoms with E-state index in [0.29, 0.717) is 13.2 Å². The average molecular weight is 240 g/mol. The van der Waals surface area contributed by atoms with Crippen LogP contribution in [0.1, 0.15) is 32.6 Å². The van der Waals surface area contributed by atoms with Crippen molar-refractivity contribution in [3.05, 3.63) is 0 Å². The number of hydrogen-bond donors (Lipinski definition) is 0. The molecule has 0 spiro atoms. The Balaban J connectivity index is 1.78. The Morgan fingerprint density at radius 3 is 2.53 bits per heavy atom. The molecule has 0 aromatic carbocycles. The summed E-state index contributed by atoms with van der Waals surface area (Å²) in [6, 6.07) is 0. The molecule has 17 heavy (non-hydrogen) atoms. The molecule has 1 amide bonds. The Kier molecular flexibility index (Phi) is 4.80. The first-order chi connectivity index (χ1) is 8.25. The molecule has 1 atom stereocenters. The molecule has 0 unspecified atom stereocenters. The van der Waals surface area contributed by atoms with Crippen LogP contribution in [0.4, 0.5) is 0 Å². The van der Waals surface area contributed by atoms with Crippen molar-refractivity contribution in [2.24, 2.45) is 0 Å². The summed E-state index contributed by atoms with van der Waals surface area (Å²) in [5.41, 5.74) is 0. The van der Waals surface area contributed by atoms with Crippen LogP contribution in [0.2, 0.25) is 0 Å². The van der Waals surface area contributed by atoms with E-state index in [-0.39, 0.29) is 12.0 Å². The predicted octanol–water partition coefficient (Wildman–Crippen LogP) is 1.11. The highest BCUT2D eigenvalue weighted by Gasteiger charge is 2.23. The van der Waals surface area contributed by atoms with Gasteiger partial charge in [-0.1, -0.05) is 12.8 Å². The van der Waals surface area contributed by atoms with Crippen molar-refractivity contribution in [2.45, 2.75) is 38.7 Å². The van der Waals surface area contributed by atoms with Gasteiger partial charge in [0.1, 0.15) is 0 Å². The zero-order chi connectivity index (χ0) is 12.1. The lowest BCUT2D eigenvalue weighted by Gasteiger charge is -2.32. The van der Waals surface area contributed by atoms with Gasteiger partial charge in [-0.15, -0.1) is 0 Å². The number of ether oxygens (including phenoxy) is 1. The van der Waals surface area contributed by atoms with Crippen molar-refractivity contribution >= 4 is 5.91 Å². The molecule has 4 nitrogen and oxygen atoms in total. The molecule has 0 bridgehead atoms. The first-order valence-corrected chi connectivity index (χ1v) is 6.87. The van der Waals surface area contributed by atoms with Gasteiger partial charge in [-0.25, -0.2) is 0 Å². The number of nitrogens with zero attached hydrogens (tertiary/aromatic N) is 2.